The van der Waals surface area contributed by atoms with E-state index in [9.17, 15) is 15.3 Å². The summed E-state index contributed by atoms with van der Waals surface area (Å²) in [7, 11) is 0. The van der Waals surface area contributed by atoms with Crippen molar-refractivity contribution in [2.75, 3.05) is 18.1 Å². The highest BCUT2D eigenvalue weighted by atomic mass is 35.5. The first-order valence-corrected chi connectivity index (χ1v) is 12.7. The lowest BCUT2D eigenvalue weighted by molar-refractivity contribution is -0.0511. The molecule has 4 heterocycles. The number of hydrogen-bond donors (Lipinski definition) is 3. The van der Waals surface area contributed by atoms with Gasteiger partial charge in [-0.2, -0.15) is 9.97 Å². The number of fused-ring (bicyclic) bond motifs is 1. The summed E-state index contributed by atoms with van der Waals surface area (Å²) in [6.45, 7) is 0.465. The van der Waals surface area contributed by atoms with E-state index in [-0.39, 0.29) is 16.7 Å². The number of ether oxygens (including phenoxy) is 1. The predicted octanol–water partition coefficient (Wildman–Crippen LogP) is 2.99. The summed E-state index contributed by atoms with van der Waals surface area (Å²) >= 11 is 6.45. The maximum absolute atomic E-state index is 10.6. The van der Waals surface area contributed by atoms with Gasteiger partial charge < -0.3 is 25.0 Å². The molecule has 3 aromatic rings. The molecular weight excluding hydrogens is 470 g/mol. The van der Waals surface area contributed by atoms with Gasteiger partial charge in [-0.3, -0.25) is 4.57 Å². The molecule has 0 radical (unpaired) electrons. The second-order valence-electron chi connectivity index (χ2n) is 10.2. The quantitative estimate of drug-likeness (QED) is 0.469. The molecule has 186 valence electrons. The monoisotopic (exact) mass is 499 g/mol. The van der Waals surface area contributed by atoms with Crippen LogP contribution in [0.5, 0.6) is 0 Å². The number of hydrogen-bond acceptors (Lipinski definition) is 8. The normalized spacial score (nSPS) is 30.5. The molecular formula is C25H30ClN5O4. The summed E-state index contributed by atoms with van der Waals surface area (Å²) in [5, 5.41) is 30.4. The van der Waals surface area contributed by atoms with Gasteiger partial charge in [0, 0.05) is 6.54 Å². The molecule has 1 unspecified atom stereocenters. The second-order valence-corrected chi connectivity index (χ2v) is 10.5. The molecule has 0 bridgehead atoms. The Labute approximate surface area is 208 Å². The molecule has 0 amide bonds. The van der Waals surface area contributed by atoms with Gasteiger partial charge in [0.1, 0.15) is 18.3 Å². The predicted molar refractivity (Wildman–Crippen MR) is 130 cm³/mol. The Kier molecular flexibility index (Phi) is 5.93. The van der Waals surface area contributed by atoms with Gasteiger partial charge in [-0.15, -0.1) is 0 Å². The van der Waals surface area contributed by atoms with Crippen LogP contribution in [0.2, 0.25) is 5.28 Å². The second kappa shape index (κ2) is 8.97. The molecule has 2 aromatic heterocycles. The molecule has 2 aliphatic heterocycles. The summed E-state index contributed by atoms with van der Waals surface area (Å²) < 4.78 is 7.30. The number of halogens is 1. The van der Waals surface area contributed by atoms with Crippen LogP contribution < -0.4 is 4.90 Å². The lowest BCUT2D eigenvalue weighted by Crippen LogP contribution is -2.33. The van der Waals surface area contributed by atoms with Crippen LogP contribution in [0.15, 0.2) is 36.7 Å². The fraction of sp³-hybridized carbons (Fsp3) is 0.560. The third-order valence-corrected chi connectivity index (χ3v) is 8.22. The van der Waals surface area contributed by atoms with Gasteiger partial charge >= 0.3 is 0 Å². The minimum absolute atomic E-state index is 0.0809. The van der Waals surface area contributed by atoms with Crippen LogP contribution in [0.1, 0.15) is 56.4 Å². The summed E-state index contributed by atoms with van der Waals surface area (Å²) in [6.07, 6.45) is 4.47. The van der Waals surface area contributed by atoms with Crippen LogP contribution in [0, 0.1) is 5.41 Å². The molecule has 1 spiro atoms. The number of rotatable bonds is 4. The maximum Gasteiger partial charge on any atom is 0.226 e. The molecule has 35 heavy (non-hydrogen) atoms. The van der Waals surface area contributed by atoms with E-state index < -0.39 is 31.1 Å². The van der Waals surface area contributed by atoms with Crippen molar-refractivity contribution in [2.45, 2.75) is 69.1 Å². The zero-order valence-corrected chi connectivity index (χ0v) is 20.1. The molecule has 6 rings (SSSR count). The lowest BCUT2D eigenvalue weighted by atomic mass is 9.72. The maximum atomic E-state index is 10.6. The minimum atomic E-state index is -1.24. The standard InChI is InChI=1S/C25H30ClN5O4/c26-24-28-21(18-22(29-24)31(14-27-18)23-20(34)19(33)17(12-32)35-23)30-13-25(9-5-2-6-10-25)11-16(30)15-7-3-1-4-8-15/h1,3-4,7-8,14,16-17,19-20,23,32-34H,2,5-6,9-13H2/t16?,17-,19-,20-,23-/m1/s1. The topological polar surface area (TPSA) is 117 Å². The van der Waals surface area contributed by atoms with Crippen molar-refractivity contribution in [2.24, 2.45) is 5.41 Å². The van der Waals surface area contributed by atoms with Crippen molar-refractivity contribution in [1.82, 2.24) is 19.5 Å². The van der Waals surface area contributed by atoms with Crippen molar-refractivity contribution >= 4 is 28.6 Å². The van der Waals surface area contributed by atoms with E-state index in [0.717, 1.165) is 13.0 Å². The van der Waals surface area contributed by atoms with Crippen LogP contribution in [-0.2, 0) is 4.74 Å². The van der Waals surface area contributed by atoms with Crippen LogP contribution >= 0.6 is 11.6 Å². The number of anilines is 1. The average Bonchev–Trinajstić information content (AvgIpc) is 3.54. The number of benzene rings is 1. The molecule has 10 heteroatoms. The first-order valence-electron chi connectivity index (χ1n) is 12.3. The van der Waals surface area contributed by atoms with Crippen molar-refractivity contribution < 1.29 is 20.1 Å². The summed E-state index contributed by atoms with van der Waals surface area (Å²) in [5.74, 6) is 0.668. The molecule has 3 fully saturated rings. The first-order chi connectivity index (χ1) is 17.0. The minimum Gasteiger partial charge on any atom is -0.394 e. The van der Waals surface area contributed by atoms with Crippen LogP contribution in [0.25, 0.3) is 11.2 Å². The van der Waals surface area contributed by atoms with Gasteiger partial charge in [0.2, 0.25) is 5.28 Å². The van der Waals surface area contributed by atoms with Gasteiger partial charge in [0.15, 0.2) is 23.2 Å². The first kappa shape index (κ1) is 23.1. The fourth-order valence-electron chi connectivity index (χ4n) is 6.29. The molecule has 3 aliphatic rings. The highest BCUT2D eigenvalue weighted by molar-refractivity contribution is 6.28. The van der Waals surface area contributed by atoms with Crippen molar-refractivity contribution in [1.29, 1.82) is 0 Å². The Hall–Kier alpha value is -2.30. The van der Waals surface area contributed by atoms with Gasteiger partial charge in [-0.05, 0) is 41.8 Å². The van der Waals surface area contributed by atoms with E-state index in [1.807, 2.05) is 6.07 Å². The molecule has 5 atom stereocenters. The van der Waals surface area contributed by atoms with E-state index in [4.69, 9.17) is 16.3 Å². The Bertz CT molecular complexity index is 1200. The molecule has 9 nitrogen and oxygen atoms in total. The van der Waals surface area contributed by atoms with E-state index >= 15 is 0 Å². The van der Waals surface area contributed by atoms with Crippen LogP contribution in [0.3, 0.4) is 0 Å². The Balaban J connectivity index is 1.44. The molecule has 1 saturated carbocycles. The Morgan fingerprint density at radius 2 is 1.83 bits per heavy atom. The van der Waals surface area contributed by atoms with Gasteiger partial charge in [0.25, 0.3) is 0 Å². The van der Waals surface area contributed by atoms with E-state index in [0.29, 0.717) is 17.0 Å². The lowest BCUT2D eigenvalue weighted by Gasteiger charge is -2.33. The smallest absolute Gasteiger partial charge is 0.226 e. The molecule has 3 N–H and O–H groups in total. The molecule has 1 aromatic carbocycles. The van der Waals surface area contributed by atoms with Crippen LogP contribution in [-0.4, -0.2) is 66.3 Å². The number of aromatic nitrogens is 4. The largest absolute Gasteiger partial charge is 0.394 e. The Morgan fingerprint density at radius 1 is 1.06 bits per heavy atom. The highest BCUT2D eigenvalue weighted by Crippen LogP contribution is 2.52. The number of aliphatic hydroxyl groups excluding tert-OH is 3. The van der Waals surface area contributed by atoms with E-state index in [1.165, 1.54) is 44.0 Å². The third kappa shape index (κ3) is 3.90. The fourth-order valence-corrected chi connectivity index (χ4v) is 6.45. The molecule has 2 saturated heterocycles. The number of aliphatic hydroxyl groups is 3. The SMILES string of the molecule is OC[C@H]1O[C@@H](n2cnc3c(N4CC5(CCCCC5)CC4c4ccccc4)nc(Cl)nc32)[C@H](O)[C@@H]1O. The molecule has 1 aliphatic carbocycles. The van der Waals surface area contributed by atoms with Gasteiger partial charge in [-0.25, -0.2) is 4.98 Å². The highest BCUT2D eigenvalue weighted by Gasteiger charge is 2.47. The third-order valence-electron chi connectivity index (χ3n) is 8.05. The van der Waals surface area contributed by atoms with Crippen molar-refractivity contribution in [3.63, 3.8) is 0 Å². The summed E-state index contributed by atoms with van der Waals surface area (Å²) in [6, 6.07) is 10.6. The van der Waals surface area contributed by atoms with Crippen LogP contribution in [0.4, 0.5) is 5.82 Å². The van der Waals surface area contributed by atoms with Gasteiger partial charge in [0.05, 0.1) is 19.0 Å². The average molecular weight is 500 g/mol. The Morgan fingerprint density at radius 3 is 2.54 bits per heavy atom. The van der Waals surface area contributed by atoms with E-state index in [1.54, 1.807) is 4.57 Å². The number of nitrogens with zero attached hydrogens (tertiary/aromatic N) is 5. The van der Waals surface area contributed by atoms with E-state index in [2.05, 4.69) is 44.1 Å². The zero-order valence-electron chi connectivity index (χ0n) is 19.4. The summed E-state index contributed by atoms with van der Waals surface area (Å²) in [4.78, 5) is 16.0. The number of imidazole rings is 1. The summed E-state index contributed by atoms with van der Waals surface area (Å²) in [5.41, 5.74) is 2.46. The zero-order chi connectivity index (χ0) is 24.2. The van der Waals surface area contributed by atoms with Crippen molar-refractivity contribution in [3.8, 4) is 0 Å². The van der Waals surface area contributed by atoms with Gasteiger partial charge in [-0.1, -0.05) is 49.6 Å². The van der Waals surface area contributed by atoms with Crippen molar-refractivity contribution in [3.05, 3.63) is 47.5 Å².